The molecule has 0 aliphatic carbocycles. The van der Waals surface area contributed by atoms with E-state index in [1.807, 2.05) is 36.4 Å². The van der Waals surface area contributed by atoms with Crippen LogP contribution < -0.4 is 10.6 Å². The van der Waals surface area contributed by atoms with Gasteiger partial charge in [0.05, 0.1) is 11.9 Å². The molecule has 0 saturated carbocycles. The molecule has 2 heterocycles. The smallest absolute Gasteiger partial charge is 0.247 e. The van der Waals surface area contributed by atoms with E-state index in [2.05, 4.69) is 15.6 Å². The molecule has 21 heavy (non-hydrogen) atoms. The maximum Gasteiger partial charge on any atom is 0.247 e. The molecule has 1 aromatic heterocycles. The summed E-state index contributed by atoms with van der Waals surface area (Å²) in [4.78, 5) is 27.4. The van der Waals surface area contributed by atoms with Crippen LogP contribution in [0.1, 0.15) is 12.8 Å². The number of anilines is 1. The number of pyridine rings is 1. The number of aromatic nitrogens is 1. The van der Waals surface area contributed by atoms with Crippen molar-refractivity contribution in [2.75, 3.05) is 5.32 Å². The highest BCUT2D eigenvalue weighted by molar-refractivity contribution is 5.99. The van der Waals surface area contributed by atoms with E-state index < -0.39 is 6.04 Å². The quantitative estimate of drug-likeness (QED) is 0.903. The van der Waals surface area contributed by atoms with Gasteiger partial charge in [0.25, 0.3) is 0 Å². The lowest BCUT2D eigenvalue weighted by Crippen LogP contribution is -2.37. The molecular formula is C16H15N3O2. The van der Waals surface area contributed by atoms with Crippen LogP contribution in [0, 0.1) is 0 Å². The maximum absolute atomic E-state index is 12.1. The summed E-state index contributed by atoms with van der Waals surface area (Å²) in [5.41, 5.74) is 2.60. The number of rotatable bonds is 3. The second kappa shape index (κ2) is 5.75. The fourth-order valence-electron chi connectivity index (χ4n) is 2.34. The third kappa shape index (κ3) is 3.08. The van der Waals surface area contributed by atoms with Crippen molar-refractivity contribution in [2.24, 2.45) is 0 Å². The highest BCUT2D eigenvalue weighted by atomic mass is 16.2. The molecule has 2 amide bonds. The van der Waals surface area contributed by atoms with Gasteiger partial charge in [-0.15, -0.1) is 0 Å². The minimum absolute atomic E-state index is 0.0775. The fraction of sp³-hybridized carbons (Fsp3) is 0.188. The zero-order chi connectivity index (χ0) is 14.7. The third-order valence-electron chi connectivity index (χ3n) is 3.42. The summed E-state index contributed by atoms with van der Waals surface area (Å²) >= 11 is 0. The Morgan fingerprint density at radius 1 is 1.19 bits per heavy atom. The Morgan fingerprint density at radius 3 is 2.71 bits per heavy atom. The standard InChI is InChI=1S/C16H15N3O2/c20-15-7-6-14(19-15)16(21)18-13-8-12(9-17-10-13)11-4-2-1-3-5-11/h1-5,8-10,14H,6-7H2,(H,18,21)(H,19,20). The SMILES string of the molecule is O=C1CCC(C(=O)Nc2cncc(-c3ccccc3)c2)N1. The number of carbonyl (C=O) groups excluding carboxylic acids is 2. The van der Waals surface area contributed by atoms with Crippen LogP contribution in [0.4, 0.5) is 5.69 Å². The zero-order valence-electron chi connectivity index (χ0n) is 11.4. The van der Waals surface area contributed by atoms with Crippen LogP contribution >= 0.6 is 0 Å². The average Bonchev–Trinajstić information content (AvgIpc) is 2.95. The van der Waals surface area contributed by atoms with E-state index in [-0.39, 0.29) is 11.8 Å². The summed E-state index contributed by atoms with van der Waals surface area (Å²) in [5, 5.41) is 5.45. The molecule has 1 aliphatic heterocycles. The van der Waals surface area contributed by atoms with Crippen molar-refractivity contribution in [3.05, 3.63) is 48.8 Å². The lowest BCUT2D eigenvalue weighted by atomic mass is 10.1. The van der Waals surface area contributed by atoms with E-state index in [1.54, 1.807) is 12.4 Å². The van der Waals surface area contributed by atoms with Crippen molar-refractivity contribution < 1.29 is 9.59 Å². The molecule has 0 bridgehead atoms. The van der Waals surface area contributed by atoms with Crippen molar-refractivity contribution in [3.8, 4) is 11.1 Å². The van der Waals surface area contributed by atoms with Gasteiger partial charge in [-0.25, -0.2) is 0 Å². The van der Waals surface area contributed by atoms with Gasteiger partial charge >= 0.3 is 0 Å². The summed E-state index contributed by atoms with van der Waals surface area (Å²) in [5.74, 6) is -0.279. The van der Waals surface area contributed by atoms with Crippen LogP contribution in [0.2, 0.25) is 0 Å². The first-order valence-electron chi connectivity index (χ1n) is 6.83. The molecule has 106 valence electrons. The van der Waals surface area contributed by atoms with E-state index in [4.69, 9.17) is 0 Å². The van der Waals surface area contributed by atoms with Crippen molar-refractivity contribution in [3.63, 3.8) is 0 Å². The fourth-order valence-corrected chi connectivity index (χ4v) is 2.34. The minimum Gasteiger partial charge on any atom is -0.344 e. The molecular weight excluding hydrogens is 266 g/mol. The Bertz CT molecular complexity index is 670. The molecule has 1 aliphatic rings. The van der Waals surface area contributed by atoms with Gasteiger partial charge in [-0.1, -0.05) is 30.3 Å². The number of hydrogen-bond donors (Lipinski definition) is 2. The highest BCUT2D eigenvalue weighted by Gasteiger charge is 2.27. The molecule has 5 nitrogen and oxygen atoms in total. The van der Waals surface area contributed by atoms with Crippen LogP contribution in [-0.4, -0.2) is 22.8 Å². The molecule has 0 radical (unpaired) electrons. The Hall–Kier alpha value is -2.69. The van der Waals surface area contributed by atoms with Gasteiger partial charge in [-0.05, 0) is 18.1 Å². The number of amides is 2. The third-order valence-corrected chi connectivity index (χ3v) is 3.42. The van der Waals surface area contributed by atoms with Crippen LogP contribution in [0.5, 0.6) is 0 Å². The average molecular weight is 281 g/mol. The van der Waals surface area contributed by atoms with Gasteiger partial charge in [-0.2, -0.15) is 0 Å². The van der Waals surface area contributed by atoms with Crippen LogP contribution in [0.3, 0.4) is 0 Å². The predicted molar refractivity (Wildman–Crippen MR) is 79.5 cm³/mol. The van der Waals surface area contributed by atoms with E-state index in [0.717, 1.165) is 11.1 Å². The summed E-state index contributed by atoms with van der Waals surface area (Å²) in [6.07, 6.45) is 4.29. The van der Waals surface area contributed by atoms with E-state index in [9.17, 15) is 9.59 Å². The zero-order valence-corrected chi connectivity index (χ0v) is 11.4. The predicted octanol–water partition coefficient (Wildman–Crippen LogP) is 1.97. The summed E-state index contributed by atoms with van der Waals surface area (Å²) in [6.45, 7) is 0. The van der Waals surface area contributed by atoms with Crippen LogP contribution in [-0.2, 0) is 9.59 Å². The van der Waals surface area contributed by atoms with Gasteiger partial charge in [0.15, 0.2) is 0 Å². The number of nitrogens with zero attached hydrogens (tertiary/aromatic N) is 1. The number of carbonyl (C=O) groups is 2. The van der Waals surface area contributed by atoms with Gasteiger partial charge in [0.2, 0.25) is 11.8 Å². The van der Waals surface area contributed by atoms with E-state index >= 15 is 0 Å². The van der Waals surface area contributed by atoms with Crippen molar-refractivity contribution >= 4 is 17.5 Å². The van der Waals surface area contributed by atoms with Gasteiger partial charge < -0.3 is 10.6 Å². The van der Waals surface area contributed by atoms with Crippen LogP contribution in [0.15, 0.2) is 48.8 Å². The summed E-state index contributed by atoms with van der Waals surface area (Å²) in [7, 11) is 0. The van der Waals surface area contributed by atoms with Gasteiger partial charge in [-0.3, -0.25) is 14.6 Å². The normalized spacial score (nSPS) is 17.3. The van der Waals surface area contributed by atoms with Gasteiger partial charge in [0, 0.05) is 18.2 Å². The molecule has 0 spiro atoms. The number of nitrogens with one attached hydrogen (secondary N) is 2. The first-order valence-corrected chi connectivity index (χ1v) is 6.83. The minimum atomic E-state index is -0.446. The molecule has 5 heteroatoms. The molecule has 2 aromatic rings. The maximum atomic E-state index is 12.1. The molecule has 2 N–H and O–H groups in total. The van der Waals surface area contributed by atoms with Crippen molar-refractivity contribution in [2.45, 2.75) is 18.9 Å². The monoisotopic (exact) mass is 281 g/mol. The van der Waals surface area contributed by atoms with Crippen molar-refractivity contribution in [1.82, 2.24) is 10.3 Å². The van der Waals surface area contributed by atoms with E-state index in [0.29, 0.717) is 18.5 Å². The van der Waals surface area contributed by atoms with E-state index in [1.165, 1.54) is 0 Å². The number of benzene rings is 1. The highest BCUT2D eigenvalue weighted by Crippen LogP contribution is 2.21. The molecule has 1 aromatic carbocycles. The molecule has 1 saturated heterocycles. The first-order chi connectivity index (χ1) is 10.2. The first kappa shape index (κ1) is 13.3. The Morgan fingerprint density at radius 2 is 2.00 bits per heavy atom. The molecule has 1 atom stereocenters. The van der Waals surface area contributed by atoms with Crippen LogP contribution in [0.25, 0.3) is 11.1 Å². The largest absolute Gasteiger partial charge is 0.344 e. The topological polar surface area (TPSA) is 71.1 Å². The lowest BCUT2D eigenvalue weighted by Gasteiger charge is -2.11. The Kier molecular flexibility index (Phi) is 3.64. The lowest BCUT2D eigenvalue weighted by molar-refractivity contribution is -0.122. The number of hydrogen-bond acceptors (Lipinski definition) is 3. The van der Waals surface area contributed by atoms with Gasteiger partial charge in [0.1, 0.15) is 6.04 Å². The van der Waals surface area contributed by atoms with Crippen molar-refractivity contribution in [1.29, 1.82) is 0 Å². The molecule has 1 fully saturated rings. The second-order valence-corrected chi connectivity index (χ2v) is 4.98. The Labute approximate surface area is 122 Å². The summed E-state index contributed by atoms with van der Waals surface area (Å²) < 4.78 is 0. The summed E-state index contributed by atoms with van der Waals surface area (Å²) in [6, 6.07) is 11.3. The molecule has 3 rings (SSSR count). The second-order valence-electron chi connectivity index (χ2n) is 4.98. The molecule has 1 unspecified atom stereocenters. The Balaban J connectivity index is 1.75.